The molecule has 6 nitrogen and oxygen atoms in total. The average molecular weight is 258 g/mol. The lowest BCUT2D eigenvalue weighted by atomic mass is 10.0. The van der Waals surface area contributed by atoms with Crippen LogP contribution in [0.1, 0.15) is 26.6 Å². The van der Waals surface area contributed by atoms with Crippen LogP contribution in [0.5, 0.6) is 0 Å². The van der Waals surface area contributed by atoms with Gasteiger partial charge in [-0.15, -0.1) is 10.2 Å². The van der Waals surface area contributed by atoms with Crippen LogP contribution in [0.2, 0.25) is 0 Å². The maximum atomic E-state index is 12.2. The average Bonchev–Trinajstić information content (AvgIpc) is 2.59. The Labute approximate surface area is 102 Å². The summed E-state index contributed by atoms with van der Waals surface area (Å²) in [5.41, 5.74) is -0.232. The lowest BCUT2D eigenvalue weighted by molar-refractivity contribution is 0.327. The third-order valence-corrected chi connectivity index (χ3v) is 4.94. The van der Waals surface area contributed by atoms with E-state index in [0.717, 1.165) is 0 Å². The molecule has 1 aromatic rings. The quantitative estimate of drug-likeness (QED) is 0.773. The molecule has 0 spiro atoms. The minimum atomic E-state index is -3.21. The molecule has 0 N–H and O–H groups in total. The van der Waals surface area contributed by atoms with E-state index in [1.807, 2.05) is 25.3 Å². The molecule has 0 bridgehead atoms. The summed E-state index contributed by atoms with van der Waals surface area (Å²) >= 11 is 0. The number of rotatable bonds is 2. The van der Waals surface area contributed by atoms with Crippen LogP contribution in [-0.2, 0) is 23.1 Å². The second-order valence-electron chi connectivity index (χ2n) is 5.59. The molecule has 0 saturated heterocycles. The number of sulfonamides is 1. The van der Waals surface area contributed by atoms with Crippen molar-refractivity contribution in [1.82, 2.24) is 19.1 Å². The van der Waals surface area contributed by atoms with E-state index in [-0.39, 0.29) is 11.2 Å². The van der Waals surface area contributed by atoms with Gasteiger partial charge in [-0.1, -0.05) is 20.8 Å². The monoisotopic (exact) mass is 258 g/mol. The summed E-state index contributed by atoms with van der Waals surface area (Å²) in [5, 5.41) is 7.71. The second-order valence-corrected chi connectivity index (χ2v) is 7.56. The lowest BCUT2D eigenvalue weighted by Crippen LogP contribution is -2.41. The molecule has 1 aliphatic heterocycles. The smallest absolute Gasteiger partial charge is 0.215 e. The van der Waals surface area contributed by atoms with E-state index in [1.165, 1.54) is 4.31 Å². The van der Waals surface area contributed by atoms with Gasteiger partial charge < -0.3 is 4.57 Å². The molecule has 0 amide bonds. The van der Waals surface area contributed by atoms with Gasteiger partial charge in [-0.25, -0.2) is 8.42 Å². The Hall–Kier alpha value is -0.950. The summed E-state index contributed by atoms with van der Waals surface area (Å²) in [4.78, 5) is 0. The third kappa shape index (κ3) is 2.84. The van der Waals surface area contributed by atoms with E-state index < -0.39 is 10.0 Å². The van der Waals surface area contributed by atoms with Crippen molar-refractivity contribution in [3.8, 4) is 0 Å². The predicted octanol–water partition coefficient (Wildman–Crippen LogP) is 0.470. The fraction of sp³-hybridized carbons (Fsp3) is 0.800. The van der Waals surface area contributed by atoms with Crippen LogP contribution in [0, 0.1) is 5.41 Å². The van der Waals surface area contributed by atoms with Gasteiger partial charge in [0.15, 0.2) is 0 Å². The summed E-state index contributed by atoms with van der Waals surface area (Å²) in [5.74, 6) is 0.877. The highest BCUT2D eigenvalue weighted by Gasteiger charge is 2.31. The number of hydrogen-bond donors (Lipinski definition) is 0. The molecule has 0 aromatic carbocycles. The van der Waals surface area contributed by atoms with Crippen LogP contribution < -0.4 is 0 Å². The maximum Gasteiger partial charge on any atom is 0.215 e. The number of hydrogen-bond acceptors (Lipinski definition) is 4. The molecule has 1 aromatic heterocycles. The van der Waals surface area contributed by atoms with Crippen molar-refractivity contribution in [2.24, 2.45) is 5.41 Å². The van der Waals surface area contributed by atoms with Crippen LogP contribution in [0.3, 0.4) is 0 Å². The molecule has 2 heterocycles. The number of fused-ring (bicyclic) bond motifs is 1. The fourth-order valence-corrected chi connectivity index (χ4v) is 3.87. The Kier molecular flexibility index (Phi) is 2.99. The minimum absolute atomic E-state index is 0.161. The van der Waals surface area contributed by atoms with Crippen LogP contribution in [-0.4, -0.2) is 39.8 Å². The van der Waals surface area contributed by atoms with Gasteiger partial charge in [0.2, 0.25) is 10.0 Å². The van der Waals surface area contributed by atoms with E-state index in [2.05, 4.69) is 10.2 Å². The van der Waals surface area contributed by atoms with Crippen molar-refractivity contribution in [2.45, 2.75) is 33.9 Å². The van der Waals surface area contributed by atoms with Crippen LogP contribution in [0.15, 0.2) is 6.33 Å². The topological polar surface area (TPSA) is 68.1 Å². The summed E-state index contributed by atoms with van der Waals surface area (Å²) in [6.07, 6.45) is 1.64. The number of aromatic nitrogens is 3. The van der Waals surface area contributed by atoms with E-state index in [9.17, 15) is 8.42 Å². The summed E-state index contributed by atoms with van der Waals surface area (Å²) < 4.78 is 27.8. The molecule has 7 heteroatoms. The molecule has 96 valence electrons. The third-order valence-electron chi connectivity index (χ3n) is 2.61. The summed E-state index contributed by atoms with van der Waals surface area (Å²) in [7, 11) is -3.21. The Morgan fingerprint density at radius 1 is 1.35 bits per heavy atom. The SMILES string of the molecule is CC(C)(C)CS(=O)(=O)N1CCn2cnnc2C1. The molecule has 0 atom stereocenters. The van der Waals surface area contributed by atoms with Gasteiger partial charge in [-0.3, -0.25) is 0 Å². The van der Waals surface area contributed by atoms with Crippen molar-refractivity contribution in [2.75, 3.05) is 12.3 Å². The molecular formula is C10H18N4O2S. The molecule has 0 fully saturated rings. The van der Waals surface area contributed by atoms with Gasteiger partial charge in [0.05, 0.1) is 12.3 Å². The number of nitrogens with zero attached hydrogens (tertiary/aromatic N) is 4. The zero-order valence-corrected chi connectivity index (χ0v) is 11.2. The van der Waals surface area contributed by atoms with Crippen molar-refractivity contribution >= 4 is 10.0 Å². The highest BCUT2D eigenvalue weighted by atomic mass is 32.2. The first kappa shape index (κ1) is 12.5. The van der Waals surface area contributed by atoms with Crippen LogP contribution in [0.25, 0.3) is 0 Å². The van der Waals surface area contributed by atoms with Crippen LogP contribution >= 0.6 is 0 Å². The molecule has 0 aliphatic carbocycles. The fourth-order valence-electron chi connectivity index (χ4n) is 1.92. The van der Waals surface area contributed by atoms with Gasteiger partial charge in [-0.05, 0) is 5.41 Å². The minimum Gasteiger partial charge on any atom is -0.315 e. The Balaban J connectivity index is 2.15. The van der Waals surface area contributed by atoms with Crippen molar-refractivity contribution < 1.29 is 8.42 Å². The molecule has 0 unspecified atom stereocenters. The highest BCUT2D eigenvalue weighted by Crippen LogP contribution is 2.21. The van der Waals surface area contributed by atoms with Gasteiger partial charge in [0.1, 0.15) is 12.2 Å². The first-order chi connectivity index (χ1) is 7.78. The van der Waals surface area contributed by atoms with Gasteiger partial charge in [-0.2, -0.15) is 4.31 Å². The van der Waals surface area contributed by atoms with E-state index in [4.69, 9.17) is 0 Å². The Morgan fingerprint density at radius 2 is 2.06 bits per heavy atom. The van der Waals surface area contributed by atoms with Crippen LogP contribution in [0.4, 0.5) is 0 Å². The lowest BCUT2D eigenvalue weighted by Gasteiger charge is -2.29. The van der Waals surface area contributed by atoms with Crippen molar-refractivity contribution in [3.63, 3.8) is 0 Å². The largest absolute Gasteiger partial charge is 0.315 e. The maximum absolute atomic E-state index is 12.2. The Morgan fingerprint density at radius 3 is 2.71 bits per heavy atom. The van der Waals surface area contributed by atoms with Gasteiger partial charge >= 0.3 is 0 Å². The standard InChI is InChI=1S/C10H18N4O2S/c1-10(2,3)7-17(15,16)14-5-4-13-8-11-12-9(13)6-14/h8H,4-7H2,1-3H3. The van der Waals surface area contributed by atoms with Crippen molar-refractivity contribution in [1.29, 1.82) is 0 Å². The van der Waals surface area contributed by atoms with E-state index in [1.54, 1.807) is 6.33 Å². The predicted molar refractivity (Wildman–Crippen MR) is 63.7 cm³/mol. The summed E-state index contributed by atoms with van der Waals surface area (Å²) in [6.45, 7) is 7.25. The highest BCUT2D eigenvalue weighted by molar-refractivity contribution is 7.89. The summed E-state index contributed by atoms with van der Waals surface area (Å²) in [6, 6.07) is 0. The zero-order chi connectivity index (χ0) is 12.7. The van der Waals surface area contributed by atoms with E-state index >= 15 is 0 Å². The second kappa shape index (κ2) is 4.06. The molecule has 1 aliphatic rings. The normalized spacial score (nSPS) is 18.1. The van der Waals surface area contributed by atoms with Crippen molar-refractivity contribution in [3.05, 3.63) is 12.2 Å². The molecule has 0 radical (unpaired) electrons. The first-order valence-corrected chi connectivity index (χ1v) is 7.23. The molecule has 2 rings (SSSR count). The first-order valence-electron chi connectivity index (χ1n) is 5.62. The molecule has 17 heavy (non-hydrogen) atoms. The van der Waals surface area contributed by atoms with Gasteiger partial charge in [0.25, 0.3) is 0 Å². The van der Waals surface area contributed by atoms with E-state index in [0.29, 0.717) is 25.5 Å². The molecule has 0 saturated carbocycles. The van der Waals surface area contributed by atoms with Gasteiger partial charge in [0, 0.05) is 13.1 Å². The molecular weight excluding hydrogens is 240 g/mol. The zero-order valence-electron chi connectivity index (χ0n) is 10.4. The Bertz CT molecular complexity index is 501.